The van der Waals surface area contributed by atoms with Gasteiger partial charge in [0.2, 0.25) is 5.95 Å². The van der Waals surface area contributed by atoms with Crippen LogP contribution in [0, 0.1) is 0 Å². The fraction of sp³-hybridized carbons (Fsp3) is 0.560. The molecule has 0 radical (unpaired) electrons. The van der Waals surface area contributed by atoms with Gasteiger partial charge in [0.15, 0.2) is 17.0 Å². The van der Waals surface area contributed by atoms with Crippen molar-refractivity contribution in [3.63, 3.8) is 0 Å². The molecule has 2 aromatic heterocycles. The van der Waals surface area contributed by atoms with Crippen molar-refractivity contribution in [2.24, 2.45) is 5.73 Å². The Morgan fingerprint density at radius 2 is 1.94 bits per heavy atom. The van der Waals surface area contributed by atoms with E-state index in [2.05, 4.69) is 44.8 Å². The number of ether oxygens (including phenoxy) is 1. The number of morpholine rings is 1. The molecule has 2 fully saturated rings. The second kappa shape index (κ2) is 11.3. The predicted molar refractivity (Wildman–Crippen MR) is 137 cm³/mol. The van der Waals surface area contributed by atoms with Gasteiger partial charge in [-0.05, 0) is 49.8 Å². The standard InChI is InChI=1S/C25H36N8O2/c26-19-5-7-20(8-6-19)29-25-30-23(22-24(31-25)33(17-27-22)9-2-12-34)28-21-4-1-3-18(15-21)16-32-10-13-35-14-11-32/h1,3-4,15,17,19-20,34H,2,5-14,16,26H2,(H2,28,29,30,31). The molecule has 0 amide bonds. The maximum Gasteiger partial charge on any atom is 0.227 e. The van der Waals surface area contributed by atoms with Crippen LogP contribution in [0.4, 0.5) is 17.5 Å². The van der Waals surface area contributed by atoms with Crippen LogP contribution in [0.15, 0.2) is 30.6 Å². The molecule has 1 aromatic carbocycles. The molecule has 1 saturated carbocycles. The van der Waals surface area contributed by atoms with Crippen LogP contribution < -0.4 is 16.4 Å². The molecule has 2 aliphatic rings. The second-order valence-electron chi connectivity index (χ2n) is 9.55. The fourth-order valence-corrected chi connectivity index (χ4v) is 4.85. The minimum atomic E-state index is 0.124. The van der Waals surface area contributed by atoms with Crippen LogP contribution in [-0.4, -0.2) is 74.5 Å². The minimum absolute atomic E-state index is 0.124. The summed E-state index contributed by atoms with van der Waals surface area (Å²) in [5.74, 6) is 1.27. The van der Waals surface area contributed by atoms with Gasteiger partial charge in [0.1, 0.15) is 0 Å². The number of nitrogens with zero attached hydrogens (tertiary/aromatic N) is 5. The molecule has 188 valence electrons. The molecule has 0 unspecified atom stereocenters. The summed E-state index contributed by atoms with van der Waals surface area (Å²) in [6.45, 7) is 5.16. The lowest BCUT2D eigenvalue weighted by atomic mass is 9.92. The van der Waals surface area contributed by atoms with E-state index in [0.29, 0.717) is 36.8 Å². The Balaban J connectivity index is 1.39. The van der Waals surface area contributed by atoms with Crippen LogP contribution in [0.2, 0.25) is 0 Å². The topological polar surface area (TPSA) is 126 Å². The van der Waals surface area contributed by atoms with Crippen molar-refractivity contribution in [1.29, 1.82) is 0 Å². The highest BCUT2D eigenvalue weighted by atomic mass is 16.5. The van der Waals surface area contributed by atoms with Gasteiger partial charge in [0.25, 0.3) is 0 Å². The number of aliphatic hydroxyl groups is 1. The highest BCUT2D eigenvalue weighted by molar-refractivity contribution is 5.86. The molecule has 0 spiro atoms. The maximum atomic E-state index is 9.31. The lowest BCUT2D eigenvalue weighted by Gasteiger charge is -2.27. The van der Waals surface area contributed by atoms with Crippen LogP contribution in [0.5, 0.6) is 0 Å². The molecule has 1 aliphatic heterocycles. The lowest BCUT2D eigenvalue weighted by molar-refractivity contribution is 0.0342. The monoisotopic (exact) mass is 480 g/mol. The van der Waals surface area contributed by atoms with E-state index in [0.717, 1.165) is 75.4 Å². The number of benzene rings is 1. The van der Waals surface area contributed by atoms with Gasteiger partial charge in [-0.15, -0.1) is 0 Å². The highest BCUT2D eigenvalue weighted by Gasteiger charge is 2.21. The van der Waals surface area contributed by atoms with Crippen molar-refractivity contribution in [3.8, 4) is 0 Å². The van der Waals surface area contributed by atoms with Crippen LogP contribution >= 0.6 is 0 Å². The Morgan fingerprint density at radius 1 is 1.11 bits per heavy atom. The maximum absolute atomic E-state index is 9.31. The number of anilines is 3. The zero-order chi connectivity index (χ0) is 24.0. The molecule has 5 rings (SSSR count). The second-order valence-corrected chi connectivity index (χ2v) is 9.55. The Hall–Kier alpha value is -2.79. The number of aryl methyl sites for hydroxylation is 1. The molecular formula is C25H36N8O2. The molecule has 3 aromatic rings. The molecule has 10 nitrogen and oxygen atoms in total. The molecule has 0 bridgehead atoms. The molecular weight excluding hydrogens is 444 g/mol. The first kappa shape index (κ1) is 23.9. The summed E-state index contributed by atoms with van der Waals surface area (Å²) < 4.78 is 7.46. The average Bonchev–Trinajstić information content (AvgIpc) is 3.28. The van der Waals surface area contributed by atoms with Gasteiger partial charge < -0.3 is 30.8 Å². The Bertz CT molecular complexity index is 1110. The SMILES string of the molecule is NC1CCC(Nc2nc(Nc3cccc(CN4CCOCC4)c3)c3ncn(CCCO)c3n2)CC1. The van der Waals surface area contributed by atoms with Gasteiger partial charge in [0.05, 0.1) is 19.5 Å². The third kappa shape index (κ3) is 6.07. The van der Waals surface area contributed by atoms with Crippen molar-refractivity contribution in [3.05, 3.63) is 36.2 Å². The molecule has 35 heavy (non-hydrogen) atoms. The summed E-state index contributed by atoms with van der Waals surface area (Å²) >= 11 is 0. The molecule has 10 heteroatoms. The summed E-state index contributed by atoms with van der Waals surface area (Å²) in [5, 5.41) is 16.3. The number of fused-ring (bicyclic) bond motifs is 1. The van der Waals surface area contributed by atoms with Crippen LogP contribution in [0.3, 0.4) is 0 Å². The van der Waals surface area contributed by atoms with Gasteiger partial charge in [-0.3, -0.25) is 4.90 Å². The third-order valence-electron chi connectivity index (χ3n) is 6.83. The third-order valence-corrected chi connectivity index (χ3v) is 6.83. The smallest absolute Gasteiger partial charge is 0.227 e. The van der Waals surface area contributed by atoms with Gasteiger partial charge >= 0.3 is 0 Å². The number of imidazole rings is 1. The van der Waals surface area contributed by atoms with E-state index in [-0.39, 0.29) is 6.61 Å². The van der Waals surface area contributed by atoms with Crippen LogP contribution in [-0.2, 0) is 17.8 Å². The highest BCUT2D eigenvalue weighted by Crippen LogP contribution is 2.27. The van der Waals surface area contributed by atoms with E-state index in [4.69, 9.17) is 20.4 Å². The van der Waals surface area contributed by atoms with Crippen molar-refractivity contribution < 1.29 is 9.84 Å². The fourth-order valence-electron chi connectivity index (χ4n) is 4.85. The van der Waals surface area contributed by atoms with Crippen molar-refractivity contribution in [2.45, 2.75) is 57.3 Å². The quantitative estimate of drug-likeness (QED) is 0.365. The first-order chi connectivity index (χ1) is 17.2. The van der Waals surface area contributed by atoms with Gasteiger partial charge in [-0.2, -0.15) is 9.97 Å². The first-order valence-electron chi connectivity index (χ1n) is 12.7. The summed E-state index contributed by atoms with van der Waals surface area (Å²) in [6.07, 6.45) is 6.46. The number of aromatic nitrogens is 4. The summed E-state index contributed by atoms with van der Waals surface area (Å²) in [4.78, 5) is 16.7. The van der Waals surface area contributed by atoms with E-state index >= 15 is 0 Å². The van der Waals surface area contributed by atoms with Crippen LogP contribution in [0.25, 0.3) is 11.2 Å². The molecule has 3 heterocycles. The minimum Gasteiger partial charge on any atom is -0.396 e. The van der Waals surface area contributed by atoms with Crippen molar-refractivity contribution in [2.75, 3.05) is 43.5 Å². The molecule has 1 aliphatic carbocycles. The summed E-state index contributed by atoms with van der Waals surface area (Å²) in [7, 11) is 0. The van der Waals surface area contributed by atoms with Crippen molar-refractivity contribution >= 4 is 28.6 Å². The van der Waals surface area contributed by atoms with Crippen molar-refractivity contribution in [1.82, 2.24) is 24.4 Å². The normalized spacial score (nSPS) is 21.3. The predicted octanol–water partition coefficient (Wildman–Crippen LogP) is 2.47. The Labute approximate surface area is 205 Å². The Morgan fingerprint density at radius 3 is 2.74 bits per heavy atom. The van der Waals surface area contributed by atoms with Gasteiger partial charge in [0, 0.05) is 50.6 Å². The molecule has 1 saturated heterocycles. The molecule has 5 N–H and O–H groups in total. The Kier molecular flexibility index (Phi) is 7.72. The van der Waals surface area contributed by atoms with E-state index < -0.39 is 0 Å². The van der Waals surface area contributed by atoms with Gasteiger partial charge in [-0.1, -0.05) is 12.1 Å². The van der Waals surface area contributed by atoms with E-state index in [9.17, 15) is 5.11 Å². The zero-order valence-electron chi connectivity index (χ0n) is 20.2. The molecule has 0 atom stereocenters. The zero-order valence-corrected chi connectivity index (χ0v) is 20.2. The summed E-state index contributed by atoms with van der Waals surface area (Å²) in [6, 6.07) is 9.04. The first-order valence-corrected chi connectivity index (χ1v) is 12.7. The number of hydrogen-bond donors (Lipinski definition) is 4. The largest absolute Gasteiger partial charge is 0.396 e. The van der Waals surface area contributed by atoms with Crippen LogP contribution in [0.1, 0.15) is 37.7 Å². The number of hydrogen-bond acceptors (Lipinski definition) is 9. The number of nitrogens with one attached hydrogen (secondary N) is 2. The van der Waals surface area contributed by atoms with E-state index in [1.165, 1.54) is 5.56 Å². The number of nitrogens with two attached hydrogens (primary N) is 1. The summed E-state index contributed by atoms with van der Waals surface area (Å²) in [5.41, 5.74) is 9.78. The van der Waals surface area contributed by atoms with E-state index in [1.54, 1.807) is 6.33 Å². The number of aliphatic hydroxyl groups excluding tert-OH is 1. The lowest BCUT2D eigenvalue weighted by Crippen LogP contribution is -2.35. The van der Waals surface area contributed by atoms with Gasteiger partial charge in [-0.25, -0.2) is 4.98 Å². The number of rotatable bonds is 9. The average molecular weight is 481 g/mol. The van der Waals surface area contributed by atoms with E-state index in [1.807, 2.05) is 4.57 Å².